The second-order valence-corrected chi connectivity index (χ2v) is 8.99. The number of carbonyl (C=O) groups is 1. The molecule has 178 valence electrons. The van der Waals surface area contributed by atoms with E-state index in [-0.39, 0.29) is 23.8 Å². The summed E-state index contributed by atoms with van der Waals surface area (Å²) in [4.78, 5) is 39.3. The lowest BCUT2D eigenvalue weighted by Crippen LogP contribution is -2.30. The number of nitrogens with zero attached hydrogens (tertiary/aromatic N) is 3. The molecule has 0 aliphatic carbocycles. The Labute approximate surface area is 210 Å². The van der Waals surface area contributed by atoms with E-state index >= 15 is 0 Å². The van der Waals surface area contributed by atoms with Gasteiger partial charge in [-0.2, -0.15) is 0 Å². The zero-order chi connectivity index (χ0) is 24.9. The van der Waals surface area contributed by atoms with E-state index in [1.807, 2.05) is 41.8 Å². The summed E-state index contributed by atoms with van der Waals surface area (Å²) < 4.78 is 13.2. The van der Waals surface area contributed by atoms with E-state index in [0.717, 1.165) is 16.1 Å². The van der Waals surface area contributed by atoms with Crippen LogP contribution in [0.25, 0.3) is 27.6 Å². The number of nitrogens with one attached hydrogen (secondary N) is 1. The summed E-state index contributed by atoms with van der Waals surface area (Å²) in [7, 11) is 0. The zero-order valence-corrected chi connectivity index (χ0v) is 19.9. The number of fused-ring (bicyclic) bond motifs is 1. The summed E-state index contributed by atoms with van der Waals surface area (Å²) in [6.07, 6.45) is 3.12. The number of rotatable bonds is 7. The molecule has 8 heteroatoms. The van der Waals surface area contributed by atoms with Crippen LogP contribution < -0.4 is 5.56 Å². The van der Waals surface area contributed by atoms with E-state index in [9.17, 15) is 14.0 Å². The van der Waals surface area contributed by atoms with Crippen molar-refractivity contribution in [2.24, 2.45) is 0 Å². The number of aromatic amines is 1. The van der Waals surface area contributed by atoms with Gasteiger partial charge in [-0.15, -0.1) is 11.3 Å². The number of para-hydroxylation sites is 1. The average Bonchev–Trinajstić information content (AvgIpc) is 3.37. The van der Waals surface area contributed by atoms with Crippen molar-refractivity contribution in [3.05, 3.63) is 124 Å². The summed E-state index contributed by atoms with van der Waals surface area (Å²) in [5, 5.41) is 3.08. The molecule has 0 saturated carbocycles. The highest BCUT2D eigenvalue weighted by Gasteiger charge is 2.15. The second kappa shape index (κ2) is 10.5. The predicted octanol–water partition coefficient (Wildman–Crippen LogP) is 5.43. The number of hydrogen-bond donors (Lipinski definition) is 1. The lowest BCUT2D eigenvalue weighted by Gasteiger charge is -2.21. The van der Waals surface area contributed by atoms with Crippen LogP contribution >= 0.6 is 11.3 Å². The maximum Gasteiger partial charge on any atom is 0.258 e. The van der Waals surface area contributed by atoms with Gasteiger partial charge in [0.1, 0.15) is 16.6 Å². The van der Waals surface area contributed by atoms with E-state index in [1.54, 1.807) is 41.3 Å². The summed E-state index contributed by atoms with van der Waals surface area (Å²) in [6, 6.07) is 22.9. The molecule has 0 radical (unpaired) electrons. The molecule has 2 heterocycles. The lowest BCUT2D eigenvalue weighted by atomic mass is 10.2. The summed E-state index contributed by atoms with van der Waals surface area (Å²) in [5.74, 6) is -0.142. The minimum atomic E-state index is -0.304. The lowest BCUT2D eigenvalue weighted by molar-refractivity contribution is -0.127. The Kier molecular flexibility index (Phi) is 6.77. The molecule has 0 aliphatic rings. The number of hydrogen-bond acceptors (Lipinski definition) is 5. The van der Waals surface area contributed by atoms with Crippen LogP contribution in [0, 0.1) is 5.82 Å². The first-order valence-electron chi connectivity index (χ1n) is 11.3. The quantitative estimate of drug-likeness (QED) is 0.305. The molecule has 0 fully saturated rings. The van der Waals surface area contributed by atoms with Crippen LogP contribution in [0.3, 0.4) is 0 Å². The highest BCUT2D eigenvalue weighted by molar-refractivity contribution is 7.13. The minimum Gasteiger partial charge on any atom is -0.327 e. The predicted molar refractivity (Wildman–Crippen MR) is 140 cm³/mol. The van der Waals surface area contributed by atoms with Gasteiger partial charge in [-0.05, 0) is 48.0 Å². The first kappa shape index (κ1) is 23.3. The molecule has 0 bridgehead atoms. The third kappa shape index (κ3) is 5.45. The van der Waals surface area contributed by atoms with Crippen LogP contribution in [0.15, 0.2) is 95.1 Å². The number of amides is 1. The van der Waals surface area contributed by atoms with Crippen LogP contribution in [0.1, 0.15) is 17.1 Å². The fourth-order valence-corrected chi connectivity index (χ4v) is 4.55. The monoisotopic (exact) mass is 496 g/mol. The summed E-state index contributed by atoms with van der Waals surface area (Å²) in [6.45, 7) is 0.481. The van der Waals surface area contributed by atoms with Crippen molar-refractivity contribution < 1.29 is 9.18 Å². The Bertz CT molecular complexity index is 1590. The zero-order valence-electron chi connectivity index (χ0n) is 19.1. The number of thiazole rings is 1. The minimum absolute atomic E-state index is 0.135. The standard InChI is InChI=1S/C28H21FN4O2S/c29-21-12-10-20(11-13-21)28-30-22(18-36-28)14-15-26(34)33(16-19-6-2-1-3-7-19)17-25-31-24-9-5-4-8-23(24)27(35)32-25/h1-15,18H,16-17H2,(H,31,32,35)/b15-14+. The number of carbonyl (C=O) groups excluding carboxylic acids is 1. The SMILES string of the molecule is O=C(/C=C/c1csc(-c2ccc(F)cc2)n1)N(Cc1ccccc1)Cc1nc2ccccc2c(=O)[nH]1. The van der Waals surface area contributed by atoms with Gasteiger partial charge in [0.15, 0.2) is 0 Å². The van der Waals surface area contributed by atoms with Gasteiger partial charge in [0, 0.05) is 23.6 Å². The number of benzene rings is 3. The van der Waals surface area contributed by atoms with Gasteiger partial charge < -0.3 is 9.88 Å². The van der Waals surface area contributed by atoms with Crippen molar-refractivity contribution >= 4 is 34.2 Å². The van der Waals surface area contributed by atoms with E-state index in [2.05, 4.69) is 15.0 Å². The molecule has 1 amide bonds. The fraction of sp³-hybridized carbons (Fsp3) is 0.0714. The van der Waals surface area contributed by atoms with Gasteiger partial charge in [0.2, 0.25) is 5.91 Å². The Morgan fingerprint density at radius 1 is 0.944 bits per heavy atom. The Morgan fingerprint density at radius 2 is 1.69 bits per heavy atom. The number of halogens is 1. The molecule has 5 rings (SSSR count). The van der Waals surface area contributed by atoms with Gasteiger partial charge in [0.25, 0.3) is 5.56 Å². The molecule has 0 unspecified atom stereocenters. The highest BCUT2D eigenvalue weighted by atomic mass is 32.1. The van der Waals surface area contributed by atoms with Crippen LogP contribution in [-0.4, -0.2) is 25.8 Å². The van der Waals surface area contributed by atoms with Crippen molar-refractivity contribution in [3.8, 4) is 10.6 Å². The van der Waals surface area contributed by atoms with Gasteiger partial charge in [0.05, 0.1) is 23.1 Å². The number of aromatic nitrogens is 3. The van der Waals surface area contributed by atoms with Crippen LogP contribution in [0.4, 0.5) is 4.39 Å². The van der Waals surface area contributed by atoms with E-state index < -0.39 is 0 Å². The van der Waals surface area contributed by atoms with Gasteiger partial charge in [-0.25, -0.2) is 14.4 Å². The molecule has 0 spiro atoms. The number of H-pyrrole nitrogens is 1. The summed E-state index contributed by atoms with van der Waals surface area (Å²) >= 11 is 1.42. The third-order valence-electron chi connectivity index (χ3n) is 5.54. The molecule has 6 nitrogen and oxygen atoms in total. The van der Waals surface area contributed by atoms with Crippen molar-refractivity contribution in [2.45, 2.75) is 13.1 Å². The first-order chi connectivity index (χ1) is 17.5. The Balaban J connectivity index is 1.38. The fourth-order valence-electron chi connectivity index (χ4n) is 3.76. The Hall–Kier alpha value is -4.43. The topological polar surface area (TPSA) is 79.0 Å². The van der Waals surface area contributed by atoms with Crippen LogP contribution in [0.2, 0.25) is 0 Å². The van der Waals surface area contributed by atoms with Gasteiger partial charge >= 0.3 is 0 Å². The van der Waals surface area contributed by atoms with Crippen molar-refractivity contribution in [1.29, 1.82) is 0 Å². The van der Waals surface area contributed by atoms with Gasteiger partial charge in [-0.3, -0.25) is 9.59 Å². The third-order valence-corrected chi connectivity index (χ3v) is 6.45. The van der Waals surface area contributed by atoms with Crippen molar-refractivity contribution in [1.82, 2.24) is 19.9 Å². The maximum atomic E-state index is 13.2. The van der Waals surface area contributed by atoms with Crippen LogP contribution in [0.5, 0.6) is 0 Å². The van der Waals surface area contributed by atoms with Gasteiger partial charge in [-0.1, -0.05) is 42.5 Å². The molecule has 3 aromatic carbocycles. The molecule has 2 aromatic heterocycles. The average molecular weight is 497 g/mol. The largest absolute Gasteiger partial charge is 0.327 e. The maximum absolute atomic E-state index is 13.2. The Morgan fingerprint density at radius 3 is 2.50 bits per heavy atom. The second-order valence-electron chi connectivity index (χ2n) is 8.13. The molecular formula is C28H21FN4O2S. The molecule has 36 heavy (non-hydrogen) atoms. The van der Waals surface area contributed by atoms with E-state index in [1.165, 1.54) is 29.5 Å². The molecule has 0 aliphatic heterocycles. The normalized spacial score (nSPS) is 11.2. The van der Waals surface area contributed by atoms with Crippen LogP contribution in [-0.2, 0) is 17.9 Å². The molecule has 0 atom stereocenters. The van der Waals surface area contributed by atoms with E-state index in [0.29, 0.717) is 29.0 Å². The molecule has 5 aromatic rings. The molecule has 1 N–H and O–H groups in total. The smallest absolute Gasteiger partial charge is 0.258 e. The van der Waals surface area contributed by atoms with Crippen molar-refractivity contribution in [3.63, 3.8) is 0 Å². The first-order valence-corrected chi connectivity index (χ1v) is 12.1. The van der Waals surface area contributed by atoms with E-state index in [4.69, 9.17) is 0 Å². The molecular weight excluding hydrogens is 475 g/mol. The summed E-state index contributed by atoms with van der Waals surface area (Å²) in [5.41, 5.74) is 2.73. The molecule has 0 saturated heterocycles. The van der Waals surface area contributed by atoms with Crippen molar-refractivity contribution in [2.75, 3.05) is 0 Å². The highest BCUT2D eigenvalue weighted by Crippen LogP contribution is 2.24.